The highest BCUT2D eigenvalue weighted by molar-refractivity contribution is 5.96. The first-order chi connectivity index (χ1) is 14.9. The molecule has 5 heteroatoms. The van der Waals surface area contributed by atoms with E-state index in [9.17, 15) is 9.18 Å². The van der Waals surface area contributed by atoms with E-state index in [1.54, 1.807) is 25.1 Å². The molecule has 1 aromatic carbocycles. The number of ether oxygens (including phenoxy) is 2. The maximum Gasteiger partial charge on any atom is 0.340 e. The summed E-state index contributed by atoms with van der Waals surface area (Å²) in [4.78, 5) is 17.6. The van der Waals surface area contributed by atoms with E-state index >= 15 is 0 Å². The Morgan fingerprint density at radius 2 is 1.88 bits per heavy atom. The summed E-state index contributed by atoms with van der Waals surface area (Å²) in [7, 11) is 0. The van der Waals surface area contributed by atoms with Gasteiger partial charge in [-0.25, -0.2) is 14.2 Å². The van der Waals surface area contributed by atoms with Gasteiger partial charge in [0, 0.05) is 11.6 Å². The van der Waals surface area contributed by atoms with Gasteiger partial charge in [0.25, 0.3) is 0 Å². The van der Waals surface area contributed by atoms with Gasteiger partial charge in [-0.1, -0.05) is 47.6 Å². The Labute approximate surface area is 190 Å². The van der Waals surface area contributed by atoms with Crippen molar-refractivity contribution in [1.82, 2.24) is 4.98 Å². The third-order valence-corrected chi connectivity index (χ3v) is 5.56. The summed E-state index contributed by atoms with van der Waals surface area (Å²) in [5.74, 6) is 0.00651. The SMILES string of the molecule is CCOC(=O)c1ccc(-c2cc(F)cc(OCC(C)C)c2)nc1C1=CC(C)(C)CC1(C)C. The zero-order valence-electron chi connectivity index (χ0n) is 20.2. The normalized spacial score (nSPS) is 16.7. The average Bonchev–Trinajstić information content (AvgIpc) is 2.92. The molecule has 1 aliphatic rings. The van der Waals surface area contributed by atoms with Crippen LogP contribution in [0.1, 0.15) is 70.9 Å². The Morgan fingerprint density at radius 3 is 2.47 bits per heavy atom. The van der Waals surface area contributed by atoms with E-state index in [1.807, 2.05) is 13.8 Å². The Morgan fingerprint density at radius 1 is 1.16 bits per heavy atom. The highest BCUT2D eigenvalue weighted by Crippen LogP contribution is 2.52. The summed E-state index contributed by atoms with van der Waals surface area (Å²) in [6.07, 6.45) is 3.14. The second-order valence-electron chi connectivity index (χ2n) is 10.3. The van der Waals surface area contributed by atoms with E-state index in [4.69, 9.17) is 14.5 Å². The molecule has 0 bridgehead atoms. The number of esters is 1. The molecule has 0 aliphatic heterocycles. The van der Waals surface area contributed by atoms with Gasteiger partial charge < -0.3 is 9.47 Å². The molecule has 0 radical (unpaired) electrons. The largest absolute Gasteiger partial charge is 0.493 e. The van der Waals surface area contributed by atoms with Gasteiger partial charge in [-0.2, -0.15) is 0 Å². The highest BCUT2D eigenvalue weighted by Gasteiger charge is 2.40. The van der Waals surface area contributed by atoms with Crippen molar-refractivity contribution in [3.8, 4) is 17.0 Å². The van der Waals surface area contributed by atoms with Crippen LogP contribution in [0, 0.1) is 22.6 Å². The van der Waals surface area contributed by atoms with Crippen LogP contribution >= 0.6 is 0 Å². The molecule has 1 aromatic heterocycles. The quantitative estimate of drug-likeness (QED) is 0.439. The molecule has 0 saturated heterocycles. The minimum Gasteiger partial charge on any atom is -0.493 e. The number of carbonyl (C=O) groups is 1. The van der Waals surface area contributed by atoms with Crippen molar-refractivity contribution >= 4 is 11.5 Å². The lowest BCUT2D eigenvalue weighted by Crippen LogP contribution is -2.17. The maximum atomic E-state index is 14.4. The fourth-order valence-electron chi connectivity index (χ4n) is 4.52. The molecule has 172 valence electrons. The van der Waals surface area contributed by atoms with Crippen molar-refractivity contribution in [1.29, 1.82) is 0 Å². The molecule has 2 aromatic rings. The van der Waals surface area contributed by atoms with Crippen LogP contribution in [0.3, 0.4) is 0 Å². The van der Waals surface area contributed by atoms with Crippen molar-refractivity contribution in [3.63, 3.8) is 0 Å². The number of halogens is 1. The Hall–Kier alpha value is -2.69. The van der Waals surface area contributed by atoms with Gasteiger partial charge in [0.05, 0.1) is 30.2 Å². The van der Waals surface area contributed by atoms with Gasteiger partial charge in [0.15, 0.2) is 0 Å². The topological polar surface area (TPSA) is 48.4 Å². The van der Waals surface area contributed by atoms with Crippen LogP contribution in [-0.4, -0.2) is 24.2 Å². The van der Waals surface area contributed by atoms with E-state index in [0.29, 0.717) is 40.8 Å². The predicted octanol–water partition coefficient (Wildman–Crippen LogP) is 6.94. The molecule has 0 saturated carbocycles. The molecular weight excluding hydrogens is 405 g/mol. The fourth-order valence-corrected chi connectivity index (χ4v) is 4.52. The van der Waals surface area contributed by atoms with E-state index in [-0.39, 0.29) is 23.3 Å². The summed E-state index contributed by atoms with van der Waals surface area (Å²) in [5.41, 5.74) is 3.06. The number of benzene rings is 1. The van der Waals surface area contributed by atoms with Gasteiger partial charge >= 0.3 is 5.97 Å². The number of aromatic nitrogens is 1. The molecule has 1 heterocycles. The number of hydrogen-bond donors (Lipinski definition) is 0. The Balaban J connectivity index is 2.13. The number of allylic oxidation sites excluding steroid dienone is 2. The maximum absolute atomic E-state index is 14.4. The molecule has 0 amide bonds. The van der Waals surface area contributed by atoms with Crippen LogP contribution in [0.2, 0.25) is 0 Å². The molecule has 0 fully saturated rings. The molecular formula is C27H34FNO3. The average molecular weight is 440 g/mol. The van der Waals surface area contributed by atoms with Crippen molar-refractivity contribution in [2.45, 2.75) is 54.9 Å². The molecule has 4 nitrogen and oxygen atoms in total. The lowest BCUT2D eigenvalue weighted by molar-refractivity contribution is 0.0525. The van der Waals surface area contributed by atoms with Crippen LogP contribution < -0.4 is 4.74 Å². The lowest BCUT2D eigenvalue weighted by atomic mass is 9.79. The smallest absolute Gasteiger partial charge is 0.340 e. The predicted molar refractivity (Wildman–Crippen MR) is 126 cm³/mol. The van der Waals surface area contributed by atoms with Crippen molar-refractivity contribution in [2.75, 3.05) is 13.2 Å². The first kappa shape index (κ1) is 24.0. The summed E-state index contributed by atoms with van der Waals surface area (Å²) < 4.78 is 25.4. The number of hydrogen-bond acceptors (Lipinski definition) is 4. The second kappa shape index (κ2) is 9.05. The first-order valence-electron chi connectivity index (χ1n) is 11.3. The summed E-state index contributed by atoms with van der Waals surface area (Å²) >= 11 is 0. The van der Waals surface area contributed by atoms with Crippen LogP contribution in [0.4, 0.5) is 4.39 Å². The summed E-state index contributed by atoms with van der Waals surface area (Å²) in [6, 6.07) is 8.09. The number of carbonyl (C=O) groups excluding carboxylic acids is 1. The second-order valence-corrected chi connectivity index (χ2v) is 10.3. The summed E-state index contributed by atoms with van der Waals surface area (Å²) in [5, 5.41) is 0. The van der Waals surface area contributed by atoms with Gasteiger partial charge in [-0.15, -0.1) is 0 Å². The zero-order chi connectivity index (χ0) is 23.7. The van der Waals surface area contributed by atoms with Crippen LogP contribution in [0.25, 0.3) is 16.8 Å². The molecule has 3 rings (SSSR count). The molecule has 32 heavy (non-hydrogen) atoms. The number of nitrogens with zero attached hydrogens (tertiary/aromatic N) is 1. The Bertz CT molecular complexity index is 1040. The monoisotopic (exact) mass is 439 g/mol. The minimum atomic E-state index is -0.400. The Kier molecular flexibility index (Phi) is 6.77. The molecule has 1 aliphatic carbocycles. The van der Waals surface area contributed by atoms with Crippen molar-refractivity contribution in [2.24, 2.45) is 16.7 Å². The van der Waals surface area contributed by atoms with E-state index < -0.39 is 5.97 Å². The van der Waals surface area contributed by atoms with Crippen molar-refractivity contribution in [3.05, 3.63) is 53.5 Å². The van der Waals surface area contributed by atoms with E-state index in [0.717, 1.165) is 12.0 Å². The third-order valence-electron chi connectivity index (χ3n) is 5.56. The van der Waals surface area contributed by atoms with Crippen LogP contribution in [0.5, 0.6) is 5.75 Å². The fraction of sp³-hybridized carbons (Fsp3) is 0.481. The van der Waals surface area contributed by atoms with Crippen LogP contribution in [0.15, 0.2) is 36.4 Å². The number of pyridine rings is 1. The minimum absolute atomic E-state index is 0.0147. The van der Waals surface area contributed by atoms with Gasteiger partial charge in [0.2, 0.25) is 0 Å². The van der Waals surface area contributed by atoms with E-state index in [1.165, 1.54) is 12.1 Å². The highest BCUT2D eigenvalue weighted by atomic mass is 19.1. The van der Waals surface area contributed by atoms with Crippen LogP contribution in [-0.2, 0) is 4.74 Å². The lowest BCUT2D eigenvalue weighted by Gasteiger charge is -2.26. The van der Waals surface area contributed by atoms with E-state index in [2.05, 4.69) is 33.8 Å². The third kappa shape index (κ3) is 5.37. The zero-order valence-corrected chi connectivity index (χ0v) is 20.2. The summed E-state index contributed by atoms with van der Waals surface area (Å²) in [6.45, 7) is 15.3. The first-order valence-corrected chi connectivity index (χ1v) is 11.3. The molecule has 0 spiro atoms. The van der Waals surface area contributed by atoms with Gasteiger partial charge in [-0.3, -0.25) is 0 Å². The molecule has 0 unspecified atom stereocenters. The molecule has 0 N–H and O–H groups in total. The standard InChI is InChI=1S/C27H34FNO3/c1-8-31-25(30)21-9-10-23(18-11-19(28)13-20(12-18)32-15-17(2)3)29-24(21)22-14-26(4,5)16-27(22,6)7/h9-14,17H,8,15-16H2,1-7H3. The molecule has 0 atom stereocenters. The van der Waals surface area contributed by atoms with Gasteiger partial charge in [-0.05, 0) is 59.9 Å². The van der Waals surface area contributed by atoms with Crippen molar-refractivity contribution < 1.29 is 18.7 Å². The number of rotatable bonds is 7. The van der Waals surface area contributed by atoms with Gasteiger partial charge in [0.1, 0.15) is 11.6 Å².